The van der Waals surface area contributed by atoms with Gasteiger partial charge in [-0.1, -0.05) is 12.1 Å². The van der Waals surface area contributed by atoms with Gasteiger partial charge in [0, 0.05) is 12.4 Å². The minimum Gasteiger partial charge on any atom is -0.285 e. The van der Waals surface area contributed by atoms with Crippen LogP contribution in [0.5, 0.6) is 0 Å². The van der Waals surface area contributed by atoms with E-state index in [2.05, 4.69) is 9.97 Å². The zero-order valence-electron chi connectivity index (χ0n) is 8.76. The van der Waals surface area contributed by atoms with Gasteiger partial charge >= 0.3 is 0 Å². The van der Waals surface area contributed by atoms with E-state index in [1.807, 2.05) is 0 Å². The first-order valence-corrected chi connectivity index (χ1v) is 6.37. The fourth-order valence-corrected chi connectivity index (χ4v) is 2.41. The van der Waals surface area contributed by atoms with Crippen molar-refractivity contribution in [3.8, 4) is 0 Å². The number of pyridine rings is 2. The average Bonchev–Trinajstić information content (AvgIpc) is 2.30. The lowest BCUT2D eigenvalue weighted by Crippen LogP contribution is -2.16. The fourth-order valence-electron chi connectivity index (χ4n) is 1.52. The average molecular weight is 250 g/mol. The smallest absolute Gasteiger partial charge is 0.279 e. The second-order valence-electron chi connectivity index (χ2n) is 3.40. The fraction of sp³-hybridized carbons (Fsp3) is 0.0909. The standard InChI is InChI=1S/C11H10N2O3S/c14-17(15,16)11(9-5-1-3-7-12-9)10-6-2-4-8-13-10/h1-8,11H,(H,14,15,16). The van der Waals surface area contributed by atoms with E-state index in [1.165, 1.54) is 24.5 Å². The van der Waals surface area contributed by atoms with E-state index < -0.39 is 15.4 Å². The van der Waals surface area contributed by atoms with Crippen LogP contribution in [-0.2, 0) is 10.1 Å². The van der Waals surface area contributed by atoms with Gasteiger partial charge in [-0.25, -0.2) is 0 Å². The SMILES string of the molecule is O=S(=O)(O)C(c1ccccn1)c1ccccn1. The van der Waals surface area contributed by atoms with E-state index in [4.69, 9.17) is 0 Å². The van der Waals surface area contributed by atoms with Crippen LogP contribution < -0.4 is 0 Å². The zero-order chi connectivity index (χ0) is 12.3. The van der Waals surface area contributed by atoms with E-state index >= 15 is 0 Å². The quantitative estimate of drug-likeness (QED) is 0.834. The Morgan fingerprint density at radius 1 is 0.941 bits per heavy atom. The van der Waals surface area contributed by atoms with Crippen LogP contribution in [0, 0.1) is 0 Å². The summed E-state index contributed by atoms with van der Waals surface area (Å²) in [5.74, 6) is 0. The Labute approximate surface area is 98.9 Å². The molecule has 2 aromatic rings. The van der Waals surface area contributed by atoms with Gasteiger partial charge in [0.15, 0.2) is 5.25 Å². The number of hydrogen-bond acceptors (Lipinski definition) is 4. The molecule has 2 rings (SSSR count). The molecule has 17 heavy (non-hydrogen) atoms. The van der Waals surface area contributed by atoms with E-state index in [9.17, 15) is 13.0 Å². The Morgan fingerprint density at radius 2 is 1.41 bits per heavy atom. The van der Waals surface area contributed by atoms with E-state index in [0.717, 1.165) is 0 Å². The summed E-state index contributed by atoms with van der Waals surface area (Å²) in [4.78, 5) is 7.89. The van der Waals surface area contributed by atoms with Gasteiger partial charge in [0.25, 0.3) is 10.1 Å². The van der Waals surface area contributed by atoms with Crippen LogP contribution in [0.1, 0.15) is 16.6 Å². The molecule has 0 unspecified atom stereocenters. The molecule has 0 aromatic carbocycles. The first kappa shape index (κ1) is 11.7. The van der Waals surface area contributed by atoms with Gasteiger partial charge in [0.1, 0.15) is 0 Å². The van der Waals surface area contributed by atoms with Gasteiger partial charge in [-0.05, 0) is 24.3 Å². The molecule has 0 atom stereocenters. The van der Waals surface area contributed by atoms with E-state index in [0.29, 0.717) is 0 Å². The zero-order valence-corrected chi connectivity index (χ0v) is 9.58. The molecule has 0 spiro atoms. The van der Waals surface area contributed by atoms with Crippen molar-refractivity contribution in [2.24, 2.45) is 0 Å². The van der Waals surface area contributed by atoms with Crippen molar-refractivity contribution >= 4 is 10.1 Å². The third kappa shape index (κ3) is 2.66. The summed E-state index contributed by atoms with van der Waals surface area (Å²) < 4.78 is 32.1. The second kappa shape index (κ2) is 4.60. The predicted octanol–water partition coefficient (Wildman–Crippen LogP) is 1.45. The molecule has 2 heterocycles. The molecule has 0 amide bonds. The number of rotatable bonds is 3. The molecular weight excluding hydrogens is 240 g/mol. The van der Waals surface area contributed by atoms with Gasteiger partial charge in [-0.2, -0.15) is 8.42 Å². The van der Waals surface area contributed by atoms with Crippen molar-refractivity contribution in [3.63, 3.8) is 0 Å². The summed E-state index contributed by atoms with van der Waals surface area (Å²) in [5, 5.41) is -1.25. The van der Waals surface area contributed by atoms with Crippen molar-refractivity contribution in [1.29, 1.82) is 0 Å². The van der Waals surface area contributed by atoms with Crippen LogP contribution in [0.2, 0.25) is 0 Å². The van der Waals surface area contributed by atoms with Crippen molar-refractivity contribution < 1.29 is 13.0 Å². The summed E-state index contributed by atoms with van der Waals surface area (Å²) in [6.07, 6.45) is 2.94. The number of aromatic nitrogens is 2. The Morgan fingerprint density at radius 3 is 1.71 bits per heavy atom. The van der Waals surface area contributed by atoms with Crippen LogP contribution in [-0.4, -0.2) is 22.9 Å². The van der Waals surface area contributed by atoms with Gasteiger partial charge in [-0.15, -0.1) is 0 Å². The highest BCUT2D eigenvalue weighted by molar-refractivity contribution is 7.86. The molecule has 5 nitrogen and oxygen atoms in total. The molecule has 0 saturated heterocycles. The number of nitrogens with zero attached hydrogens (tertiary/aromatic N) is 2. The van der Waals surface area contributed by atoms with Crippen LogP contribution in [0.4, 0.5) is 0 Å². The summed E-state index contributed by atoms with van der Waals surface area (Å²) in [6.45, 7) is 0. The molecule has 88 valence electrons. The molecule has 6 heteroatoms. The van der Waals surface area contributed by atoms with Gasteiger partial charge < -0.3 is 0 Å². The summed E-state index contributed by atoms with van der Waals surface area (Å²) in [5.41, 5.74) is 0.488. The number of hydrogen-bond donors (Lipinski definition) is 1. The third-order valence-corrected chi connectivity index (χ3v) is 3.29. The third-order valence-electron chi connectivity index (χ3n) is 2.21. The lowest BCUT2D eigenvalue weighted by atomic mass is 10.2. The van der Waals surface area contributed by atoms with Crippen LogP contribution in [0.3, 0.4) is 0 Å². The topological polar surface area (TPSA) is 80.2 Å². The monoisotopic (exact) mass is 250 g/mol. The normalized spacial score (nSPS) is 11.6. The molecule has 0 saturated carbocycles. The summed E-state index contributed by atoms with van der Waals surface area (Å²) in [7, 11) is -4.30. The van der Waals surface area contributed by atoms with E-state index in [-0.39, 0.29) is 11.4 Å². The van der Waals surface area contributed by atoms with Crippen molar-refractivity contribution in [2.45, 2.75) is 5.25 Å². The molecular formula is C11H10N2O3S. The van der Waals surface area contributed by atoms with Crippen molar-refractivity contribution in [3.05, 3.63) is 60.2 Å². The highest BCUT2D eigenvalue weighted by atomic mass is 32.2. The Hall–Kier alpha value is -1.79. The molecule has 0 aliphatic carbocycles. The molecule has 2 aromatic heterocycles. The molecule has 0 aliphatic rings. The Balaban J connectivity index is 2.56. The molecule has 0 aliphatic heterocycles. The predicted molar refractivity (Wildman–Crippen MR) is 61.9 cm³/mol. The second-order valence-corrected chi connectivity index (χ2v) is 4.91. The summed E-state index contributed by atoms with van der Waals surface area (Å²) >= 11 is 0. The lowest BCUT2D eigenvalue weighted by molar-refractivity contribution is 0.473. The largest absolute Gasteiger partial charge is 0.285 e. The van der Waals surface area contributed by atoms with Gasteiger partial charge in [-0.3, -0.25) is 14.5 Å². The molecule has 0 radical (unpaired) electrons. The van der Waals surface area contributed by atoms with Crippen molar-refractivity contribution in [2.75, 3.05) is 0 Å². The Kier molecular flexibility index (Phi) is 3.16. The lowest BCUT2D eigenvalue weighted by Gasteiger charge is -2.12. The minimum absolute atomic E-state index is 0.244. The highest BCUT2D eigenvalue weighted by Gasteiger charge is 2.29. The Bertz CT molecular complexity index is 545. The first-order valence-electron chi connectivity index (χ1n) is 4.87. The van der Waals surface area contributed by atoms with Crippen LogP contribution in [0.25, 0.3) is 0 Å². The maximum atomic E-state index is 11.4. The van der Waals surface area contributed by atoms with Crippen molar-refractivity contribution in [1.82, 2.24) is 9.97 Å². The maximum absolute atomic E-state index is 11.4. The van der Waals surface area contributed by atoms with E-state index in [1.54, 1.807) is 24.3 Å². The minimum atomic E-state index is -4.30. The van der Waals surface area contributed by atoms with Crippen LogP contribution in [0.15, 0.2) is 48.8 Å². The highest BCUT2D eigenvalue weighted by Crippen LogP contribution is 2.25. The van der Waals surface area contributed by atoms with Crippen LogP contribution >= 0.6 is 0 Å². The maximum Gasteiger partial charge on any atom is 0.279 e. The van der Waals surface area contributed by atoms with Gasteiger partial charge in [0.05, 0.1) is 11.4 Å². The molecule has 0 bridgehead atoms. The van der Waals surface area contributed by atoms with Gasteiger partial charge in [0.2, 0.25) is 0 Å². The molecule has 0 fully saturated rings. The summed E-state index contributed by atoms with van der Waals surface area (Å²) in [6, 6.07) is 9.72. The molecule has 1 N–H and O–H groups in total. The first-order chi connectivity index (χ1) is 8.09.